The van der Waals surface area contributed by atoms with E-state index in [9.17, 15) is 4.79 Å². The highest BCUT2D eigenvalue weighted by molar-refractivity contribution is 9.10. The van der Waals surface area contributed by atoms with Crippen molar-refractivity contribution >= 4 is 21.8 Å². The minimum atomic E-state index is -0.301. The Labute approximate surface area is 137 Å². The number of carbonyl (C=O) groups excluding carboxylic acids is 1. The summed E-state index contributed by atoms with van der Waals surface area (Å²) in [4.78, 5) is 14.5. The van der Waals surface area contributed by atoms with Gasteiger partial charge in [-0.15, -0.1) is 0 Å². The molecule has 3 nitrogen and oxygen atoms in total. The van der Waals surface area contributed by atoms with Crippen LogP contribution >= 0.6 is 15.9 Å². The number of benzene rings is 1. The van der Waals surface area contributed by atoms with Crippen LogP contribution in [0, 0.1) is 0 Å². The van der Waals surface area contributed by atoms with E-state index in [0.717, 1.165) is 23.0 Å². The van der Waals surface area contributed by atoms with Gasteiger partial charge >= 0.3 is 0 Å². The summed E-state index contributed by atoms with van der Waals surface area (Å²) < 4.78 is 1.05. The van der Waals surface area contributed by atoms with Gasteiger partial charge in [-0.05, 0) is 45.2 Å². The average molecular weight is 355 g/mol. The molecule has 1 aromatic carbocycles. The Bertz CT molecular complexity index is 468. The molecule has 1 atom stereocenters. The van der Waals surface area contributed by atoms with Crippen LogP contribution in [0.2, 0.25) is 0 Å². The molecule has 0 aliphatic rings. The fourth-order valence-corrected chi connectivity index (χ4v) is 2.95. The Kier molecular flexibility index (Phi) is 6.88. The maximum absolute atomic E-state index is 12.6. The van der Waals surface area contributed by atoms with Crippen LogP contribution in [-0.2, 0) is 4.79 Å². The van der Waals surface area contributed by atoms with Gasteiger partial charge in [0, 0.05) is 23.0 Å². The normalized spacial score (nSPS) is 13.0. The number of amides is 1. The Hall–Kier alpha value is -0.870. The SMILES string of the molecule is CCCN(C(=O)CCC(C)(C)N)C(C)c1ccccc1Br. The van der Waals surface area contributed by atoms with Crippen LogP contribution in [0.5, 0.6) is 0 Å². The van der Waals surface area contributed by atoms with Gasteiger partial charge in [-0.1, -0.05) is 41.1 Å². The summed E-state index contributed by atoms with van der Waals surface area (Å²) >= 11 is 3.58. The third-order valence-electron chi connectivity index (χ3n) is 3.59. The molecule has 1 amide bonds. The number of carbonyl (C=O) groups is 1. The van der Waals surface area contributed by atoms with Crippen LogP contribution in [0.15, 0.2) is 28.7 Å². The van der Waals surface area contributed by atoms with E-state index in [1.165, 1.54) is 0 Å². The van der Waals surface area contributed by atoms with Gasteiger partial charge in [-0.25, -0.2) is 0 Å². The zero-order valence-corrected chi connectivity index (χ0v) is 15.1. The fraction of sp³-hybridized carbons (Fsp3) is 0.588. The molecule has 1 unspecified atom stereocenters. The van der Waals surface area contributed by atoms with Crippen molar-refractivity contribution < 1.29 is 4.79 Å². The molecule has 2 N–H and O–H groups in total. The summed E-state index contributed by atoms with van der Waals surface area (Å²) in [6.07, 6.45) is 2.15. The first-order valence-electron chi connectivity index (χ1n) is 7.59. The van der Waals surface area contributed by atoms with Gasteiger partial charge in [-0.3, -0.25) is 4.79 Å². The molecule has 0 spiro atoms. The van der Waals surface area contributed by atoms with Crippen LogP contribution in [-0.4, -0.2) is 22.9 Å². The Morgan fingerprint density at radius 2 is 2.00 bits per heavy atom. The van der Waals surface area contributed by atoms with Gasteiger partial charge in [0.2, 0.25) is 5.91 Å². The number of hydrogen-bond acceptors (Lipinski definition) is 2. The molecular formula is C17H27BrN2O. The molecule has 1 aromatic rings. The third kappa shape index (κ3) is 5.79. The maximum Gasteiger partial charge on any atom is 0.223 e. The second kappa shape index (κ2) is 7.95. The second-order valence-corrected chi connectivity index (χ2v) is 7.13. The Morgan fingerprint density at radius 3 is 2.52 bits per heavy atom. The summed E-state index contributed by atoms with van der Waals surface area (Å²) in [6.45, 7) is 8.87. The van der Waals surface area contributed by atoms with E-state index in [0.29, 0.717) is 12.8 Å². The molecule has 1 rings (SSSR count). The molecule has 0 aliphatic carbocycles. The van der Waals surface area contributed by atoms with Crippen LogP contribution in [0.1, 0.15) is 58.6 Å². The quantitative estimate of drug-likeness (QED) is 0.794. The summed E-state index contributed by atoms with van der Waals surface area (Å²) in [7, 11) is 0. The zero-order valence-electron chi connectivity index (χ0n) is 13.5. The predicted octanol–water partition coefficient (Wildman–Crippen LogP) is 4.27. The van der Waals surface area contributed by atoms with Crippen LogP contribution in [0.3, 0.4) is 0 Å². The van der Waals surface area contributed by atoms with Gasteiger partial charge in [0.25, 0.3) is 0 Å². The van der Waals surface area contributed by atoms with Gasteiger partial charge < -0.3 is 10.6 Å². The lowest BCUT2D eigenvalue weighted by atomic mass is 9.99. The zero-order chi connectivity index (χ0) is 16.0. The highest BCUT2D eigenvalue weighted by atomic mass is 79.9. The Morgan fingerprint density at radius 1 is 1.38 bits per heavy atom. The summed E-state index contributed by atoms with van der Waals surface area (Å²) in [5.41, 5.74) is 6.83. The molecule has 0 fully saturated rings. The van der Waals surface area contributed by atoms with E-state index in [4.69, 9.17) is 5.73 Å². The molecule has 0 radical (unpaired) electrons. The largest absolute Gasteiger partial charge is 0.336 e. The highest BCUT2D eigenvalue weighted by Crippen LogP contribution is 2.28. The summed E-state index contributed by atoms with van der Waals surface area (Å²) in [5, 5.41) is 0. The van der Waals surface area contributed by atoms with E-state index in [1.54, 1.807) is 0 Å². The molecule has 0 saturated heterocycles. The smallest absolute Gasteiger partial charge is 0.223 e. The predicted molar refractivity (Wildman–Crippen MR) is 92.1 cm³/mol. The lowest BCUT2D eigenvalue weighted by Crippen LogP contribution is -2.38. The van der Waals surface area contributed by atoms with Gasteiger partial charge in [0.1, 0.15) is 0 Å². The minimum Gasteiger partial charge on any atom is -0.336 e. The van der Waals surface area contributed by atoms with Gasteiger partial charge in [0.15, 0.2) is 0 Å². The van der Waals surface area contributed by atoms with Crippen molar-refractivity contribution in [1.82, 2.24) is 4.90 Å². The number of nitrogens with two attached hydrogens (primary N) is 1. The molecule has 0 aliphatic heterocycles. The monoisotopic (exact) mass is 354 g/mol. The standard InChI is InChI=1S/C17H27BrN2O/c1-5-12-20(16(21)10-11-17(3,4)19)13(2)14-8-6-7-9-15(14)18/h6-9,13H,5,10-12,19H2,1-4H3. The molecule has 0 bridgehead atoms. The first-order chi connectivity index (χ1) is 9.76. The fourth-order valence-electron chi connectivity index (χ4n) is 2.33. The molecule has 4 heteroatoms. The first kappa shape index (κ1) is 18.2. The van der Waals surface area contributed by atoms with Crippen molar-refractivity contribution in [3.63, 3.8) is 0 Å². The van der Waals surface area contributed by atoms with E-state index >= 15 is 0 Å². The lowest BCUT2D eigenvalue weighted by Gasteiger charge is -2.31. The van der Waals surface area contributed by atoms with Crippen molar-refractivity contribution in [2.45, 2.75) is 58.5 Å². The van der Waals surface area contributed by atoms with Crippen molar-refractivity contribution in [3.05, 3.63) is 34.3 Å². The van der Waals surface area contributed by atoms with Crippen molar-refractivity contribution in [1.29, 1.82) is 0 Å². The van der Waals surface area contributed by atoms with Gasteiger partial charge in [-0.2, -0.15) is 0 Å². The molecule has 21 heavy (non-hydrogen) atoms. The van der Waals surface area contributed by atoms with E-state index in [2.05, 4.69) is 35.8 Å². The van der Waals surface area contributed by atoms with Gasteiger partial charge in [0.05, 0.1) is 6.04 Å². The van der Waals surface area contributed by atoms with Crippen LogP contribution in [0.25, 0.3) is 0 Å². The molecule has 118 valence electrons. The number of hydrogen-bond donors (Lipinski definition) is 1. The van der Waals surface area contributed by atoms with Crippen molar-refractivity contribution in [2.75, 3.05) is 6.54 Å². The van der Waals surface area contributed by atoms with E-state index in [1.807, 2.05) is 36.9 Å². The number of halogens is 1. The second-order valence-electron chi connectivity index (χ2n) is 6.27. The molecule has 0 heterocycles. The molecule has 0 aromatic heterocycles. The maximum atomic E-state index is 12.6. The van der Waals surface area contributed by atoms with Crippen LogP contribution < -0.4 is 5.73 Å². The van der Waals surface area contributed by atoms with Crippen LogP contribution in [0.4, 0.5) is 0 Å². The van der Waals surface area contributed by atoms with E-state index < -0.39 is 0 Å². The number of rotatable bonds is 7. The third-order valence-corrected chi connectivity index (χ3v) is 4.31. The topological polar surface area (TPSA) is 46.3 Å². The van der Waals surface area contributed by atoms with E-state index in [-0.39, 0.29) is 17.5 Å². The number of nitrogens with zero attached hydrogens (tertiary/aromatic N) is 1. The highest BCUT2D eigenvalue weighted by Gasteiger charge is 2.23. The van der Waals surface area contributed by atoms with Crippen molar-refractivity contribution in [2.24, 2.45) is 5.73 Å². The lowest BCUT2D eigenvalue weighted by molar-refractivity contribution is -0.133. The summed E-state index contributed by atoms with van der Waals surface area (Å²) in [5.74, 6) is 0.179. The molecule has 0 saturated carbocycles. The van der Waals surface area contributed by atoms with Crippen molar-refractivity contribution in [3.8, 4) is 0 Å². The Balaban J connectivity index is 2.85. The first-order valence-corrected chi connectivity index (χ1v) is 8.38. The average Bonchev–Trinajstić information content (AvgIpc) is 2.41. The molecular weight excluding hydrogens is 328 g/mol. The minimum absolute atomic E-state index is 0.0638. The summed E-state index contributed by atoms with van der Waals surface area (Å²) in [6, 6.07) is 8.15.